The molecule has 1 aliphatic carbocycles. The van der Waals surface area contributed by atoms with Crippen LogP contribution in [0.4, 0.5) is 0 Å². The summed E-state index contributed by atoms with van der Waals surface area (Å²) in [5.74, 6) is 0.00370. The minimum atomic E-state index is -0.729. The molecule has 116 valence electrons. The molecular formula is C18H27NO2. The summed E-state index contributed by atoms with van der Waals surface area (Å²) in [6.07, 6.45) is 7.72. The zero-order valence-electron chi connectivity index (χ0n) is 13.2. The van der Waals surface area contributed by atoms with Gasteiger partial charge in [0.25, 0.3) is 0 Å². The van der Waals surface area contributed by atoms with Crippen LogP contribution >= 0.6 is 0 Å². The van der Waals surface area contributed by atoms with Crippen molar-refractivity contribution in [2.45, 2.75) is 56.9 Å². The average molecular weight is 289 g/mol. The van der Waals surface area contributed by atoms with Crippen molar-refractivity contribution in [3.63, 3.8) is 0 Å². The lowest BCUT2D eigenvalue weighted by molar-refractivity contribution is -0.138. The summed E-state index contributed by atoms with van der Waals surface area (Å²) in [6, 6.07) is 8.92. The average Bonchev–Trinajstić information content (AvgIpc) is 2.48. The molecule has 0 heterocycles. The number of hydrogen-bond donors (Lipinski definition) is 1. The van der Waals surface area contributed by atoms with Gasteiger partial charge in [-0.15, -0.1) is 0 Å². The van der Waals surface area contributed by atoms with Crippen LogP contribution < -0.4 is 0 Å². The zero-order valence-corrected chi connectivity index (χ0v) is 13.2. The van der Waals surface area contributed by atoms with Crippen molar-refractivity contribution in [3.05, 3.63) is 35.4 Å². The van der Waals surface area contributed by atoms with Gasteiger partial charge in [-0.25, -0.2) is 0 Å². The van der Waals surface area contributed by atoms with E-state index in [-0.39, 0.29) is 12.5 Å². The Kier molecular flexibility index (Phi) is 5.80. The predicted molar refractivity (Wildman–Crippen MR) is 85.7 cm³/mol. The number of rotatable bonds is 6. The van der Waals surface area contributed by atoms with E-state index in [1.807, 2.05) is 19.0 Å². The van der Waals surface area contributed by atoms with Crippen LogP contribution in [0.1, 0.15) is 55.6 Å². The zero-order chi connectivity index (χ0) is 15.2. The van der Waals surface area contributed by atoms with Crippen LogP contribution in [0, 0.1) is 0 Å². The van der Waals surface area contributed by atoms with Gasteiger partial charge < -0.3 is 10.0 Å². The monoisotopic (exact) mass is 289 g/mol. The van der Waals surface area contributed by atoms with Crippen LogP contribution in [0.2, 0.25) is 0 Å². The van der Waals surface area contributed by atoms with Crippen LogP contribution in [0.25, 0.3) is 0 Å². The SMILES string of the molecule is CN(C)C(CC(=O)O)Cc1ccc(C2CCCCC2)cc1. The fourth-order valence-electron chi connectivity index (χ4n) is 3.27. The third-order valence-corrected chi connectivity index (χ3v) is 4.67. The maximum atomic E-state index is 10.9. The van der Waals surface area contributed by atoms with Gasteiger partial charge >= 0.3 is 5.97 Å². The maximum Gasteiger partial charge on any atom is 0.304 e. The van der Waals surface area contributed by atoms with E-state index in [9.17, 15) is 4.79 Å². The minimum absolute atomic E-state index is 0.0584. The van der Waals surface area contributed by atoms with Crippen molar-refractivity contribution in [1.29, 1.82) is 0 Å². The van der Waals surface area contributed by atoms with Crippen molar-refractivity contribution < 1.29 is 9.90 Å². The van der Waals surface area contributed by atoms with Crippen LogP contribution in [-0.2, 0) is 11.2 Å². The Morgan fingerprint density at radius 2 is 1.81 bits per heavy atom. The largest absolute Gasteiger partial charge is 0.481 e. The number of carboxylic acid groups (broad SMARTS) is 1. The Bertz CT molecular complexity index is 447. The lowest BCUT2D eigenvalue weighted by Crippen LogP contribution is -2.32. The summed E-state index contributed by atoms with van der Waals surface area (Å²) in [6.45, 7) is 0. The van der Waals surface area contributed by atoms with Crippen LogP contribution in [0.5, 0.6) is 0 Å². The Hall–Kier alpha value is -1.35. The van der Waals surface area contributed by atoms with Crippen LogP contribution in [0.3, 0.4) is 0 Å². The topological polar surface area (TPSA) is 40.5 Å². The molecular weight excluding hydrogens is 262 g/mol. The third kappa shape index (κ3) is 4.85. The normalized spacial score (nSPS) is 17.9. The highest BCUT2D eigenvalue weighted by molar-refractivity contribution is 5.67. The number of carboxylic acids is 1. The van der Waals surface area contributed by atoms with E-state index in [1.54, 1.807) is 0 Å². The fourth-order valence-corrected chi connectivity index (χ4v) is 3.27. The fraction of sp³-hybridized carbons (Fsp3) is 0.611. The highest BCUT2D eigenvalue weighted by atomic mass is 16.4. The van der Waals surface area contributed by atoms with Gasteiger partial charge in [0.05, 0.1) is 6.42 Å². The van der Waals surface area contributed by atoms with Gasteiger partial charge in [0.1, 0.15) is 0 Å². The molecule has 21 heavy (non-hydrogen) atoms. The van der Waals surface area contributed by atoms with Crippen LogP contribution in [0.15, 0.2) is 24.3 Å². The first-order valence-corrected chi connectivity index (χ1v) is 8.03. The second-order valence-corrected chi connectivity index (χ2v) is 6.50. The van der Waals surface area contributed by atoms with Gasteiger partial charge in [0.15, 0.2) is 0 Å². The van der Waals surface area contributed by atoms with E-state index in [4.69, 9.17) is 5.11 Å². The molecule has 3 heteroatoms. The van der Waals surface area contributed by atoms with Crippen molar-refractivity contribution in [1.82, 2.24) is 4.90 Å². The Labute approximate surface area is 128 Å². The molecule has 0 bridgehead atoms. The molecule has 1 atom stereocenters. The first-order chi connectivity index (χ1) is 10.1. The number of likely N-dealkylation sites (N-methyl/N-ethyl adjacent to an activating group) is 1. The summed E-state index contributed by atoms with van der Waals surface area (Å²) >= 11 is 0. The van der Waals surface area contributed by atoms with Gasteiger partial charge in [-0.1, -0.05) is 43.5 Å². The summed E-state index contributed by atoms with van der Waals surface area (Å²) in [5, 5.41) is 9.00. The molecule has 0 radical (unpaired) electrons. The van der Waals surface area contributed by atoms with E-state index in [0.717, 1.165) is 12.3 Å². The molecule has 1 aromatic rings. The lowest BCUT2D eigenvalue weighted by atomic mass is 9.84. The van der Waals surface area contributed by atoms with Crippen molar-refractivity contribution in [3.8, 4) is 0 Å². The van der Waals surface area contributed by atoms with Gasteiger partial charge in [0.2, 0.25) is 0 Å². The molecule has 1 fully saturated rings. The number of benzene rings is 1. The molecule has 0 aliphatic heterocycles. The van der Waals surface area contributed by atoms with Gasteiger partial charge in [-0.2, -0.15) is 0 Å². The second kappa shape index (κ2) is 7.60. The molecule has 0 aromatic heterocycles. The summed E-state index contributed by atoms with van der Waals surface area (Å²) < 4.78 is 0. The summed E-state index contributed by atoms with van der Waals surface area (Å²) in [7, 11) is 3.90. The highest BCUT2D eigenvalue weighted by Crippen LogP contribution is 2.32. The van der Waals surface area contributed by atoms with Gasteiger partial charge in [-0.3, -0.25) is 4.79 Å². The molecule has 1 N–H and O–H groups in total. The molecule has 0 spiro atoms. The molecule has 1 unspecified atom stereocenters. The Morgan fingerprint density at radius 3 is 2.33 bits per heavy atom. The minimum Gasteiger partial charge on any atom is -0.481 e. The molecule has 1 aliphatic rings. The summed E-state index contributed by atoms with van der Waals surface area (Å²) in [4.78, 5) is 12.9. The van der Waals surface area contributed by atoms with Crippen LogP contribution in [-0.4, -0.2) is 36.1 Å². The number of nitrogens with zero attached hydrogens (tertiary/aromatic N) is 1. The maximum absolute atomic E-state index is 10.9. The molecule has 0 saturated heterocycles. The molecule has 0 amide bonds. The van der Waals surface area contributed by atoms with Gasteiger partial charge in [-0.05, 0) is 50.4 Å². The van der Waals surface area contributed by atoms with Crippen molar-refractivity contribution in [2.75, 3.05) is 14.1 Å². The smallest absolute Gasteiger partial charge is 0.304 e. The molecule has 2 rings (SSSR count). The summed E-state index contributed by atoms with van der Waals surface area (Å²) in [5.41, 5.74) is 2.69. The van der Waals surface area contributed by atoms with E-state index in [2.05, 4.69) is 24.3 Å². The number of carbonyl (C=O) groups is 1. The van der Waals surface area contributed by atoms with E-state index in [0.29, 0.717) is 0 Å². The number of hydrogen-bond acceptors (Lipinski definition) is 2. The second-order valence-electron chi connectivity index (χ2n) is 6.50. The van der Waals surface area contributed by atoms with E-state index >= 15 is 0 Å². The standard InChI is InChI=1S/C18H27NO2/c1-19(2)17(13-18(20)21)12-14-8-10-16(11-9-14)15-6-4-3-5-7-15/h8-11,15,17H,3-7,12-13H2,1-2H3,(H,20,21). The third-order valence-electron chi connectivity index (χ3n) is 4.67. The molecule has 1 saturated carbocycles. The predicted octanol–water partition coefficient (Wildman–Crippen LogP) is 3.68. The first kappa shape index (κ1) is 16.0. The van der Waals surface area contributed by atoms with Crippen molar-refractivity contribution in [2.24, 2.45) is 0 Å². The molecule has 3 nitrogen and oxygen atoms in total. The van der Waals surface area contributed by atoms with E-state index < -0.39 is 5.97 Å². The Morgan fingerprint density at radius 1 is 1.19 bits per heavy atom. The molecule has 1 aromatic carbocycles. The number of aliphatic carboxylic acids is 1. The Balaban J connectivity index is 1.98. The van der Waals surface area contributed by atoms with E-state index in [1.165, 1.54) is 43.2 Å². The first-order valence-electron chi connectivity index (χ1n) is 8.03. The van der Waals surface area contributed by atoms with Crippen molar-refractivity contribution >= 4 is 5.97 Å². The lowest BCUT2D eigenvalue weighted by Gasteiger charge is -2.24. The quantitative estimate of drug-likeness (QED) is 0.868. The highest BCUT2D eigenvalue weighted by Gasteiger charge is 2.18. The van der Waals surface area contributed by atoms with Gasteiger partial charge in [0, 0.05) is 6.04 Å².